The van der Waals surface area contributed by atoms with Gasteiger partial charge in [0, 0.05) is 5.92 Å². The number of fused-ring (bicyclic) bond motifs is 5. The molecule has 2 bridgehead atoms. The highest BCUT2D eigenvalue weighted by Gasteiger charge is 2.60. The van der Waals surface area contributed by atoms with E-state index in [9.17, 15) is 9.59 Å². The van der Waals surface area contributed by atoms with Crippen LogP contribution in [0.2, 0.25) is 0 Å². The molecule has 25 heavy (non-hydrogen) atoms. The lowest BCUT2D eigenvalue weighted by atomic mass is 9.70. The summed E-state index contributed by atoms with van der Waals surface area (Å²) in [5.41, 5.74) is 0. The van der Waals surface area contributed by atoms with Crippen molar-refractivity contribution in [2.24, 2.45) is 41.4 Å². The Morgan fingerprint density at radius 3 is 2.44 bits per heavy atom. The van der Waals surface area contributed by atoms with E-state index in [0.717, 1.165) is 24.2 Å². The van der Waals surface area contributed by atoms with Crippen molar-refractivity contribution >= 4 is 11.9 Å². The molecule has 5 nitrogen and oxygen atoms in total. The minimum atomic E-state index is -0.650. The van der Waals surface area contributed by atoms with Gasteiger partial charge in [-0.25, -0.2) is 4.79 Å². The normalized spacial score (nSPS) is 39.9. The molecule has 0 aromatic rings. The molecule has 0 aromatic heterocycles. The second-order valence-electron chi connectivity index (χ2n) is 8.35. The lowest BCUT2D eigenvalue weighted by Crippen LogP contribution is -2.45. The first kappa shape index (κ1) is 18.7. The van der Waals surface area contributed by atoms with Crippen molar-refractivity contribution in [1.82, 2.24) is 5.32 Å². The molecule has 5 heteroatoms. The molecule has 2 N–H and O–H groups in total. The molecular formula is C20H33NO4. The van der Waals surface area contributed by atoms with Crippen molar-refractivity contribution in [3.63, 3.8) is 0 Å². The van der Waals surface area contributed by atoms with E-state index in [1.165, 1.54) is 25.7 Å². The van der Waals surface area contributed by atoms with Crippen LogP contribution in [0.4, 0.5) is 0 Å². The lowest BCUT2D eigenvalue weighted by molar-refractivity contribution is -0.149. The largest absolute Gasteiger partial charge is 0.462 e. The highest BCUT2D eigenvalue weighted by Crippen LogP contribution is 2.65. The summed E-state index contributed by atoms with van der Waals surface area (Å²) in [6.45, 7) is 6.05. The van der Waals surface area contributed by atoms with Crippen molar-refractivity contribution in [1.29, 1.82) is 0 Å². The summed E-state index contributed by atoms with van der Waals surface area (Å²) in [6.07, 6.45) is 6.02. The molecule has 0 radical (unpaired) electrons. The fourth-order valence-electron chi connectivity index (χ4n) is 6.35. The zero-order valence-electron chi connectivity index (χ0n) is 15.7. The average molecular weight is 351 g/mol. The van der Waals surface area contributed by atoms with E-state index in [-0.39, 0.29) is 25.0 Å². The maximum Gasteiger partial charge on any atom is 0.328 e. The molecule has 0 spiro atoms. The first-order valence-corrected chi connectivity index (χ1v) is 10.1. The van der Waals surface area contributed by atoms with Gasteiger partial charge in [-0.15, -0.1) is 0 Å². The lowest BCUT2D eigenvalue weighted by Gasteiger charge is -2.35. The first-order valence-electron chi connectivity index (χ1n) is 10.1. The van der Waals surface area contributed by atoms with Gasteiger partial charge in [0.2, 0.25) is 5.91 Å². The molecule has 1 amide bonds. The molecule has 0 aliphatic heterocycles. The number of nitrogens with one attached hydrogen (secondary N) is 1. The van der Waals surface area contributed by atoms with Crippen LogP contribution < -0.4 is 5.32 Å². The summed E-state index contributed by atoms with van der Waals surface area (Å²) in [7, 11) is 0. The predicted molar refractivity (Wildman–Crippen MR) is 94.5 cm³/mol. The van der Waals surface area contributed by atoms with E-state index in [0.29, 0.717) is 17.8 Å². The fourth-order valence-corrected chi connectivity index (χ4v) is 6.35. The number of aliphatic hydroxyl groups excluding tert-OH is 1. The summed E-state index contributed by atoms with van der Waals surface area (Å²) in [5.74, 6) is 3.96. The van der Waals surface area contributed by atoms with E-state index in [1.54, 1.807) is 6.92 Å². The van der Waals surface area contributed by atoms with Gasteiger partial charge in [0.05, 0.1) is 6.61 Å². The number of carbonyl (C=O) groups excluding carboxylic acids is 2. The molecule has 0 saturated heterocycles. The number of esters is 1. The molecule has 3 saturated carbocycles. The Balaban J connectivity index is 1.62. The molecule has 3 aliphatic rings. The minimum absolute atomic E-state index is 0.0203. The number of hydrogen-bond acceptors (Lipinski definition) is 4. The van der Waals surface area contributed by atoms with Gasteiger partial charge in [0.1, 0.15) is 12.6 Å². The zero-order chi connectivity index (χ0) is 18.1. The Labute approximate surface area is 150 Å². The van der Waals surface area contributed by atoms with Gasteiger partial charge in [-0.1, -0.05) is 26.7 Å². The second kappa shape index (κ2) is 7.65. The van der Waals surface area contributed by atoms with Crippen molar-refractivity contribution in [3.05, 3.63) is 0 Å². The summed E-state index contributed by atoms with van der Waals surface area (Å²) in [4.78, 5) is 24.6. The second-order valence-corrected chi connectivity index (χ2v) is 8.35. The Bertz CT molecular complexity index is 508. The number of aliphatic hydroxyl groups is 1. The van der Waals surface area contributed by atoms with Gasteiger partial charge in [0.15, 0.2) is 0 Å². The van der Waals surface area contributed by atoms with Crippen LogP contribution in [0, 0.1) is 41.4 Å². The van der Waals surface area contributed by atoms with E-state index in [4.69, 9.17) is 9.84 Å². The fraction of sp³-hybridized carbons (Fsp3) is 0.900. The number of amides is 1. The Kier molecular flexibility index (Phi) is 5.71. The summed E-state index contributed by atoms with van der Waals surface area (Å²) in [5, 5.41) is 11.6. The standard InChI is InChI=1S/C20H33NO4/c1-4-12-8-13(5-2)18-15-9-14(17(12)18)10-16(15)19(23)21-11(3)20(24)25-7-6-22/h11-18,22H,4-10H2,1-3H3,(H,21,23). The smallest absolute Gasteiger partial charge is 0.328 e. The monoisotopic (exact) mass is 351 g/mol. The van der Waals surface area contributed by atoms with E-state index >= 15 is 0 Å². The van der Waals surface area contributed by atoms with Gasteiger partial charge >= 0.3 is 5.97 Å². The molecular weight excluding hydrogens is 318 g/mol. The topological polar surface area (TPSA) is 75.6 Å². The number of hydrogen-bond donors (Lipinski definition) is 2. The first-order chi connectivity index (χ1) is 12.0. The Morgan fingerprint density at radius 1 is 1.12 bits per heavy atom. The quantitative estimate of drug-likeness (QED) is 0.691. The van der Waals surface area contributed by atoms with Crippen LogP contribution in [0.1, 0.15) is 52.9 Å². The number of carbonyl (C=O) groups is 2. The van der Waals surface area contributed by atoms with Crippen molar-refractivity contribution in [2.75, 3.05) is 13.2 Å². The van der Waals surface area contributed by atoms with E-state index in [2.05, 4.69) is 19.2 Å². The molecule has 8 atom stereocenters. The van der Waals surface area contributed by atoms with Crippen LogP contribution in [-0.2, 0) is 14.3 Å². The van der Waals surface area contributed by atoms with Crippen LogP contribution in [0.25, 0.3) is 0 Å². The van der Waals surface area contributed by atoms with Crippen LogP contribution in [-0.4, -0.2) is 36.2 Å². The van der Waals surface area contributed by atoms with Crippen molar-refractivity contribution < 1.29 is 19.4 Å². The molecule has 0 aromatic carbocycles. The van der Waals surface area contributed by atoms with E-state index in [1.807, 2.05) is 0 Å². The predicted octanol–water partition coefficient (Wildman–Crippen LogP) is 2.37. The molecule has 3 rings (SSSR count). The van der Waals surface area contributed by atoms with Gasteiger partial charge < -0.3 is 15.2 Å². The average Bonchev–Trinajstić information content (AvgIpc) is 3.29. The van der Waals surface area contributed by atoms with Gasteiger partial charge in [-0.3, -0.25) is 4.79 Å². The summed E-state index contributed by atoms with van der Waals surface area (Å²) in [6, 6.07) is -0.650. The molecule has 0 heterocycles. The van der Waals surface area contributed by atoms with E-state index < -0.39 is 12.0 Å². The maximum absolute atomic E-state index is 12.8. The Morgan fingerprint density at radius 2 is 1.80 bits per heavy atom. The third-order valence-corrected chi connectivity index (χ3v) is 7.26. The van der Waals surface area contributed by atoms with Crippen LogP contribution >= 0.6 is 0 Å². The highest BCUT2D eigenvalue weighted by molar-refractivity contribution is 5.86. The van der Waals surface area contributed by atoms with Crippen LogP contribution in [0.3, 0.4) is 0 Å². The highest BCUT2D eigenvalue weighted by atomic mass is 16.5. The summed E-state index contributed by atoms with van der Waals surface area (Å²) >= 11 is 0. The number of ether oxygens (including phenoxy) is 1. The van der Waals surface area contributed by atoms with Gasteiger partial charge in [0.25, 0.3) is 0 Å². The molecule has 142 valence electrons. The van der Waals surface area contributed by atoms with Gasteiger partial charge in [-0.2, -0.15) is 0 Å². The third-order valence-electron chi connectivity index (χ3n) is 7.26. The van der Waals surface area contributed by atoms with Crippen molar-refractivity contribution in [2.45, 2.75) is 58.9 Å². The SMILES string of the molecule is CCC1CC(CC)C2C3CC(CC3C(=O)NC(C)C(=O)OCCO)C12. The third kappa shape index (κ3) is 3.32. The zero-order valence-corrected chi connectivity index (χ0v) is 15.7. The molecule has 3 aliphatic carbocycles. The minimum Gasteiger partial charge on any atom is -0.462 e. The number of rotatable bonds is 7. The van der Waals surface area contributed by atoms with Crippen LogP contribution in [0.15, 0.2) is 0 Å². The Hall–Kier alpha value is -1.10. The van der Waals surface area contributed by atoms with Crippen molar-refractivity contribution in [3.8, 4) is 0 Å². The maximum atomic E-state index is 12.8. The van der Waals surface area contributed by atoms with Crippen LogP contribution in [0.5, 0.6) is 0 Å². The summed E-state index contributed by atoms with van der Waals surface area (Å²) < 4.78 is 4.91. The molecule has 3 fully saturated rings. The van der Waals surface area contributed by atoms with Gasteiger partial charge in [-0.05, 0) is 61.7 Å². The molecule has 8 unspecified atom stereocenters.